The molecule has 1 aliphatic heterocycles. The van der Waals surface area contributed by atoms with Gasteiger partial charge in [-0.25, -0.2) is 4.79 Å². The SMILES string of the molecule is O=C(COc1ccccc1)NC1C(=O)NC1CN=CC(=O)OCc1ccccc1. The van der Waals surface area contributed by atoms with E-state index < -0.39 is 17.9 Å². The average molecular weight is 395 g/mol. The van der Waals surface area contributed by atoms with Crippen molar-refractivity contribution in [3.8, 4) is 5.75 Å². The predicted molar refractivity (Wildman–Crippen MR) is 105 cm³/mol. The molecular weight excluding hydrogens is 374 g/mol. The van der Waals surface area contributed by atoms with Crippen LogP contribution in [-0.4, -0.2) is 49.2 Å². The van der Waals surface area contributed by atoms with Crippen LogP contribution < -0.4 is 15.4 Å². The summed E-state index contributed by atoms with van der Waals surface area (Å²) in [5, 5.41) is 5.25. The smallest absolute Gasteiger partial charge is 0.349 e. The number of rotatable bonds is 9. The quantitative estimate of drug-likeness (QED) is 0.372. The molecule has 0 radical (unpaired) electrons. The summed E-state index contributed by atoms with van der Waals surface area (Å²) in [6, 6.07) is 17.1. The molecule has 2 aromatic rings. The van der Waals surface area contributed by atoms with Crippen LogP contribution in [0.3, 0.4) is 0 Å². The second kappa shape index (κ2) is 10.0. The van der Waals surface area contributed by atoms with Crippen molar-refractivity contribution >= 4 is 24.0 Å². The summed E-state index contributed by atoms with van der Waals surface area (Å²) in [7, 11) is 0. The number of ether oxygens (including phenoxy) is 2. The van der Waals surface area contributed by atoms with Crippen LogP contribution in [0.4, 0.5) is 0 Å². The van der Waals surface area contributed by atoms with Crippen molar-refractivity contribution in [2.75, 3.05) is 13.2 Å². The molecule has 29 heavy (non-hydrogen) atoms. The third-order valence-electron chi connectivity index (χ3n) is 4.16. The fraction of sp³-hybridized carbons (Fsp3) is 0.238. The van der Waals surface area contributed by atoms with Gasteiger partial charge in [-0.3, -0.25) is 14.6 Å². The van der Waals surface area contributed by atoms with Crippen molar-refractivity contribution in [3.63, 3.8) is 0 Å². The van der Waals surface area contributed by atoms with Crippen molar-refractivity contribution in [1.82, 2.24) is 10.6 Å². The van der Waals surface area contributed by atoms with Crippen LogP contribution in [0.1, 0.15) is 5.56 Å². The molecule has 1 heterocycles. The van der Waals surface area contributed by atoms with Crippen LogP contribution >= 0.6 is 0 Å². The van der Waals surface area contributed by atoms with E-state index in [9.17, 15) is 14.4 Å². The molecule has 2 N–H and O–H groups in total. The number of carbonyl (C=O) groups is 3. The van der Waals surface area contributed by atoms with E-state index in [-0.39, 0.29) is 31.7 Å². The lowest BCUT2D eigenvalue weighted by molar-refractivity contribution is -0.136. The second-order valence-electron chi connectivity index (χ2n) is 6.35. The number of esters is 1. The highest BCUT2D eigenvalue weighted by molar-refractivity contribution is 6.23. The van der Waals surface area contributed by atoms with Gasteiger partial charge in [-0.1, -0.05) is 48.5 Å². The van der Waals surface area contributed by atoms with Gasteiger partial charge in [0.1, 0.15) is 24.6 Å². The number of hydrogen-bond acceptors (Lipinski definition) is 6. The number of carbonyl (C=O) groups excluding carboxylic acids is 3. The van der Waals surface area contributed by atoms with E-state index in [1.165, 1.54) is 0 Å². The Labute approximate surface area is 167 Å². The molecule has 2 amide bonds. The Balaban J connectivity index is 1.38. The van der Waals surface area contributed by atoms with E-state index >= 15 is 0 Å². The first-order chi connectivity index (χ1) is 14.1. The first kappa shape index (κ1) is 20.1. The number of hydrogen-bond donors (Lipinski definition) is 2. The van der Waals surface area contributed by atoms with Gasteiger partial charge in [0.05, 0.1) is 12.6 Å². The maximum absolute atomic E-state index is 12.0. The normalized spacial score (nSPS) is 17.9. The van der Waals surface area contributed by atoms with Gasteiger partial charge in [0, 0.05) is 0 Å². The maximum Gasteiger partial charge on any atom is 0.349 e. The number of nitrogens with zero attached hydrogens (tertiary/aromatic N) is 1. The molecule has 1 aliphatic rings. The number of aliphatic imine (C=N–C) groups is 1. The predicted octanol–water partition coefficient (Wildman–Crippen LogP) is 0.863. The van der Waals surface area contributed by atoms with Crippen LogP contribution in [-0.2, 0) is 25.7 Å². The molecule has 8 heteroatoms. The van der Waals surface area contributed by atoms with Crippen LogP contribution in [0, 0.1) is 0 Å². The first-order valence-electron chi connectivity index (χ1n) is 9.10. The van der Waals surface area contributed by atoms with Gasteiger partial charge in [0.2, 0.25) is 5.91 Å². The number of amides is 2. The van der Waals surface area contributed by atoms with Gasteiger partial charge in [-0.2, -0.15) is 0 Å². The summed E-state index contributed by atoms with van der Waals surface area (Å²) in [6.07, 6.45) is 1.07. The van der Waals surface area contributed by atoms with E-state index in [1.807, 2.05) is 36.4 Å². The molecule has 3 rings (SSSR count). The third kappa shape index (κ3) is 6.17. The minimum atomic E-state index is -0.709. The van der Waals surface area contributed by atoms with Crippen molar-refractivity contribution in [2.45, 2.75) is 18.7 Å². The molecule has 1 saturated heterocycles. The number of β-lactam (4-membered cyclic amide) rings is 1. The summed E-state index contributed by atoms with van der Waals surface area (Å²) in [4.78, 5) is 39.4. The van der Waals surface area contributed by atoms with Crippen molar-refractivity contribution in [3.05, 3.63) is 66.2 Å². The zero-order valence-electron chi connectivity index (χ0n) is 15.6. The molecule has 2 unspecified atom stereocenters. The monoisotopic (exact) mass is 395 g/mol. The lowest BCUT2D eigenvalue weighted by atomic mass is 9.99. The Hall–Kier alpha value is -3.68. The topological polar surface area (TPSA) is 106 Å². The Morgan fingerprint density at radius 3 is 2.45 bits per heavy atom. The summed E-state index contributed by atoms with van der Waals surface area (Å²) in [6.45, 7) is 0.109. The Morgan fingerprint density at radius 2 is 1.76 bits per heavy atom. The molecule has 2 atom stereocenters. The van der Waals surface area contributed by atoms with Gasteiger partial charge < -0.3 is 20.1 Å². The highest BCUT2D eigenvalue weighted by Crippen LogP contribution is 2.09. The molecule has 0 aliphatic carbocycles. The van der Waals surface area contributed by atoms with Crippen LogP contribution in [0.5, 0.6) is 5.75 Å². The van der Waals surface area contributed by atoms with Crippen molar-refractivity contribution in [2.24, 2.45) is 4.99 Å². The number of para-hydroxylation sites is 1. The Morgan fingerprint density at radius 1 is 1.07 bits per heavy atom. The molecule has 2 aromatic carbocycles. The summed E-state index contributed by atoms with van der Waals surface area (Å²) >= 11 is 0. The molecular formula is C21H21N3O5. The lowest BCUT2D eigenvalue weighted by Gasteiger charge is -2.36. The van der Waals surface area contributed by atoms with Gasteiger partial charge in [-0.15, -0.1) is 0 Å². The van der Waals surface area contributed by atoms with Crippen LogP contribution in [0.15, 0.2) is 65.7 Å². The summed E-state index contributed by atoms with van der Waals surface area (Å²) < 4.78 is 10.4. The first-order valence-corrected chi connectivity index (χ1v) is 9.10. The summed E-state index contributed by atoms with van der Waals surface area (Å²) in [5.41, 5.74) is 0.876. The van der Waals surface area contributed by atoms with Crippen molar-refractivity contribution in [1.29, 1.82) is 0 Å². The van der Waals surface area contributed by atoms with Crippen LogP contribution in [0.25, 0.3) is 0 Å². The fourth-order valence-electron chi connectivity index (χ4n) is 2.65. The van der Waals surface area contributed by atoms with Crippen LogP contribution in [0.2, 0.25) is 0 Å². The Bertz CT molecular complexity index is 870. The largest absolute Gasteiger partial charge is 0.484 e. The standard InChI is InChI=1S/C21H21N3O5/c25-18(14-28-16-9-5-2-6-10-16)24-20-17(23-21(20)27)11-22-12-19(26)29-13-15-7-3-1-4-8-15/h1-10,12,17,20H,11,13-14H2,(H,23,27)(H,24,25). The minimum Gasteiger partial charge on any atom is -0.484 e. The molecule has 150 valence electrons. The number of benzene rings is 2. The van der Waals surface area contributed by atoms with E-state index in [0.717, 1.165) is 11.8 Å². The van der Waals surface area contributed by atoms with E-state index in [0.29, 0.717) is 5.75 Å². The fourth-order valence-corrected chi connectivity index (χ4v) is 2.65. The van der Waals surface area contributed by atoms with Gasteiger partial charge in [-0.05, 0) is 17.7 Å². The zero-order chi connectivity index (χ0) is 20.5. The lowest BCUT2D eigenvalue weighted by Crippen LogP contribution is -2.70. The van der Waals surface area contributed by atoms with Crippen molar-refractivity contribution < 1.29 is 23.9 Å². The second-order valence-corrected chi connectivity index (χ2v) is 6.35. The summed E-state index contributed by atoms with van der Waals surface area (Å²) in [5.74, 6) is -0.720. The van der Waals surface area contributed by atoms with E-state index in [4.69, 9.17) is 9.47 Å². The van der Waals surface area contributed by atoms with Gasteiger partial charge >= 0.3 is 5.97 Å². The minimum absolute atomic E-state index is 0.149. The molecule has 0 saturated carbocycles. The maximum atomic E-state index is 12.0. The molecule has 0 spiro atoms. The van der Waals surface area contributed by atoms with Gasteiger partial charge in [0.15, 0.2) is 6.61 Å². The van der Waals surface area contributed by atoms with E-state index in [1.54, 1.807) is 24.3 Å². The Kier molecular flexibility index (Phi) is 6.94. The highest BCUT2D eigenvalue weighted by Gasteiger charge is 2.40. The highest BCUT2D eigenvalue weighted by atomic mass is 16.5. The molecule has 0 bridgehead atoms. The van der Waals surface area contributed by atoms with E-state index in [2.05, 4.69) is 15.6 Å². The molecule has 8 nitrogen and oxygen atoms in total. The average Bonchev–Trinajstić information content (AvgIpc) is 2.75. The van der Waals surface area contributed by atoms with Gasteiger partial charge in [0.25, 0.3) is 5.91 Å². The molecule has 0 aromatic heterocycles. The number of nitrogens with one attached hydrogen (secondary N) is 2. The molecule has 1 fully saturated rings. The third-order valence-corrected chi connectivity index (χ3v) is 4.16. The zero-order valence-corrected chi connectivity index (χ0v) is 15.6.